The highest BCUT2D eigenvalue weighted by Gasteiger charge is 2.11. The van der Waals surface area contributed by atoms with E-state index >= 15 is 0 Å². The van der Waals surface area contributed by atoms with E-state index in [1.807, 2.05) is 0 Å². The number of esters is 2. The second kappa shape index (κ2) is 11.2. The van der Waals surface area contributed by atoms with Gasteiger partial charge in [0.1, 0.15) is 0 Å². The number of ether oxygens (including phenoxy) is 1. The van der Waals surface area contributed by atoms with E-state index in [1.165, 1.54) is 0 Å². The lowest BCUT2D eigenvalue weighted by molar-refractivity contribution is -0.159. The van der Waals surface area contributed by atoms with Crippen molar-refractivity contribution in [3.8, 4) is 0 Å². The molecule has 0 radical (unpaired) electrons. The maximum absolute atomic E-state index is 11.4. The fraction of sp³-hybridized carbons (Fsp3) is 0.867. The highest BCUT2D eigenvalue weighted by molar-refractivity contribution is 5.85. The van der Waals surface area contributed by atoms with Gasteiger partial charge in [0, 0.05) is 12.8 Å². The van der Waals surface area contributed by atoms with Gasteiger partial charge in [0.2, 0.25) is 0 Å². The van der Waals surface area contributed by atoms with Crippen LogP contribution in [0.15, 0.2) is 0 Å². The Kier molecular flexibility index (Phi) is 10.7. The Balaban J connectivity index is 3.58. The Labute approximate surface area is 111 Å². The number of carbonyl (C=O) groups excluding carboxylic acids is 2. The van der Waals surface area contributed by atoms with Crippen molar-refractivity contribution < 1.29 is 14.3 Å². The van der Waals surface area contributed by atoms with Crippen LogP contribution < -0.4 is 0 Å². The number of unbranched alkanes of at least 4 members (excludes halogenated alkanes) is 3. The Morgan fingerprint density at radius 3 is 2.17 bits per heavy atom. The van der Waals surface area contributed by atoms with Crippen LogP contribution in [-0.4, -0.2) is 11.9 Å². The van der Waals surface area contributed by atoms with Crippen molar-refractivity contribution >= 4 is 11.9 Å². The fourth-order valence-electron chi connectivity index (χ4n) is 1.93. The van der Waals surface area contributed by atoms with Crippen LogP contribution in [0.1, 0.15) is 78.6 Å². The second-order valence-corrected chi connectivity index (χ2v) is 5.09. The van der Waals surface area contributed by atoms with Gasteiger partial charge in [-0.25, -0.2) is 0 Å². The minimum absolute atomic E-state index is 0.362. The Hall–Kier alpha value is -0.860. The van der Waals surface area contributed by atoms with E-state index in [9.17, 15) is 9.59 Å². The first-order chi connectivity index (χ1) is 8.60. The first-order valence-electron chi connectivity index (χ1n) is 7.33. The summed E-state index contributed by atoms with van der Waals surface area (Å²) in [7, 11) is 0. The van der Waals surface area contributed by atoms with Gasteiger partial charge in [0.15, 0.2) is 0 Å². The molecule has 0 fully saturated rings. The predicted molar refractivity (Wildman–Crippen MR) is 73.2 cm³/mol. The maximum Gasteiger partial charge on any atom is 0.313 e. The molecule has 3 heteroatoms. The van der Waals surface area contributed by atoms with Gasteiger partial charge in [-0.2, -0.15) is 0 Å². The monoisotopic (exact) mass is 256 g/mol. The van der Waals surface area contributed by atoms with Crippen molar-refractivity contribution in [3.05, 3.63) is 0 Å². The number of rotatable bonds is 10. The molecule has 106 valence electrons. The fourth-order valence-corrected chi connectivity index (χ4v) is 1.93. The average molecular weight is 256 g/mol. The second-order valence-electron chi connectivity index (χ2n) is 5.09. The van der Waals surface area contributed by atoms with E-state index in [1.54, 1.807) is 0 Å². The lowest BCUT2D eigenvalue weighted by Crippen LogP contribution is -2.13. The molecule has 0 aromatic rings. The topological polar surface area (TPSA) is 43.4 Å². The summed E-state index contributed by atoms with van der Waals surface area (Å²) in [5.74, 6) is -0.195. The summed E-state index contributed by atoms with van der Waals surface area (Å²) in [5, 5.41) is 0. The third kappa shape index (κ3) is 10.3. The molecule has 0 aliphatic carbocycles. The molecule has 0 aromatic carbocycles. The normalized spacial score (nSPS) is 12.2. The van der Waals surface area contributed by atoms with Crippen LogP contribution in [0, 0.1) is 5.92 Å². The molecular formula is C15H28O3. The Morgan fingerprint density at radius 1 is 0.889 bits per heavy atom. The minimum atomic E-state index is -0.363. The van der Waals surface area contributed by atoms with Gasteiger partial charge in [-0.1, -0.05) is 52.9 Å². The van der Waals surface area contributed by atoms with Gasteiger partial charge in [0.25, 0.3) is 0 Å². The number of carbonyl (C=O) groups is 2. The zero-order chi connectivity index (χ0) is 13.8. The van der Waals surface area contributed by atoms with E-state index in [0.29, 0.717) is 18.8 Å². The zero-order valence-corrected chi connectivity index (χ0v) is 12.2. The van der Waals surface area contributed by atoms with Crippen LogP contribution in [0.3, 0.4) is 0 Å². The van der Waals surface area contributed by atoms with Crippen LogP contribution in [-0.2, 0) is 14.3 Å². The summed E-state index contributed by atoms with van der Waals surface area (Å²) in [6.45, 7) is 6.39. The largest absolute Gasteiger partial charge is 0.393 e. The highest BCUT2D eigenvalue weighted by Crippen LogP contribution is 2.13. The van der Waals surface area contributed by atoms with E-state index in [4.69, 9.17) is 4.74 Å². The van der Waals surface area contributed by atoms with Gasteiger partial charge >= 0.3 is 11.9 Å². The van der Waals surface area contributed by atoms with Gasteiger partial charge in [0.05, 0.1) is 0 Å². The zero-order valence-electron chi connectivity index (χ0n) is 12.2. The van der Waals surface area contributed by atoms with Crippen LogP contribution in [0.25, 0.3) is 0 Å². The quantitative estimate of drug-likeness (QED) is 0.333. The summed E-state index contributed by atoms with van der Waals surface area (Å²) in [4.78, 5) is 22.8. The van der Waals surface area contributed by atoms with Crippen LogP contribution in [0.5, 0.6) is 0 Å². The molecule has 3 nitrogen and oxygen atoms in total. The molecule has 1 atom stereocenters. The SMILES string of the molecule is CCCCCCC(=O)OC(=O)CCC(C)CCC. The van der Waals surface area contributed by atoms with Gasteiger partial charge in [-0.05, 0) is 18.8 Å². The molecule has 1 unspecified atom stereocenters. The van der Waals surface area contributed by atoms with E-state index in [-0.39, 0.29) is 11.9 Å². The van der Waals surface area contributed by atoms with Crippen molar-refractivity contribution in [2.75, 3.05) is 0 Å². The molecule has 18 heavy (non-hydrogen) atoms. The smallest absolute Gasteiger partial charge is 0.313 e. The molecule has 0 bridgehead atoms. The summed E-state index contributed by atoms with van der Waals surface area (Å²) in [5.41, 5.74) is 0. The van der Waals surface area contributed by atoms with Crippen molar-refractivity contribution in [1.29, 1.82) is 0 Å². The summed E-state index contributed by atoms with van der Waals surface area (Å²) >= 11 is 0. The van der Waals surface area contributed by atoms with E-state index in [2.05, 4.69) is 20.8 Å². The van der Waals surface area contributed by atoms with Crippen molar-refractivity contribution in [1.82, 2.24) is 0 Å². The molecule has 0 aliphatic rings. The number of hydrogen-bond donors (Lipinski definition) is 0. The Morgan fingerprint density at radius 2 is 1.56 bits per heavy atom. The van der Waals surface area contributed by atoms with Gasteiger partial charge in [-0.15, -0.1) is 0 Å². The summed E-state index contributed by atoms with van der Waals surface area (Å²) < 4.78 is 4.78. The molecule has 0 aromatic heterocycles. The molecule has 0 saturated carbocycles. The van der Waals surface area contributed by atoms with Crippen molar-refractivity contribution in [2.45, 2.75) is 78.6 Å². The number of hydrogen-bond acceptors (Lipinski definition) is 3. The summed E-state index contributed by atoms with van der Waals surface area (Å²) in [6, 6.07) is 0. The molecule has 0 aliphatic heterocycles. The van der Waals surface area contributed by atoms with Gasteiger partial charge in [-0.3, -0.25) is 9.59 Å². The lowest BCUT2D eigenvalue weighted by atomic mass is 10.0. The van der Waals surface area contributed by atoms with Gasteiger partial charge < -0.3 is 4.74 Å². The predicted octanol–water partition coefficient (Wildman–Crippen LogP) is 4.24. The average Bonchev–Trinajstić information content (AvgIpc) is 2.32. The lowest BCUT2D eigenvalue weighted by Gasteiger charge is -2.08. The molecule has 0 rings (SSSR count). The van der Waals surface area contributed by atoms with Crippen molar-refractivity contribution in [2.24, 2.45) is 5.92 Å². The first-order valence-corrected chi connectivity index (χ1v) is 7.33. The summed E-state index contributed by atoms with van der Waals surface area (Å²) in [6.07, 6.45) is 7.94. The molecule has 0 spiro atoms. The third-order valence-corrected chi connectivity index (χ3v) is 3.08. The highest BCUT2D eigenvalue weighted by atomic mass is 16.6. The molecular weight excluding hydrogens is 228 g/mol. The standard InChI is InChI=1S/C15H28O3/c1-4-6-7-8-10-14(16)18-15(17)12-11-13(3)9-5-2/h13H,4-12H2,1-3H3. The van der Waals surface area contributed by atoms with E-state index < -0.39 is 0 Å². The Bertz CT molecular complexity index is 236. The van der Waals surface area contributed by atoms with E-state index in [0.717, 1.165) is 44.9 Å². The molecule has 0 saturated heterocycles. The maximum atomic E-state index is 11.4. The minimum Gasteiger partial charge on any atom is -0.393 e. The van der Waals surface area contributed by atoms with Crippen LogP contribution >= 0.6 is 0 Å². The van der Waals surface area contributed by atoms with Crippen LogP contribution in [0.2, 0.25) is 0 Å². The first kappa shape index (κ1) is 17.1. The van der Waals surface area contributed by atoms with Crippen LogP contribution in [0.4, 0.5) is 0 Å². The molecule has 0 N–H and O–H groups in total. The third-order valence-electron chi connectivity index (χ3n) is 3.08. The van der Waals surface area contributed by atoms with Crippen molar-refractivity contribution in [3.63, 3.8) is 0 Å². The molecule has 0 heterocycles. The molecule has 0 amide bonds.